The Kier molecular flexibility index (Phi) is 8.38. The smallest absolute Gasteiger partial charge is 0.353 e. The Morgan fingerprint density at radius 1 is 1.23 bits per heavy atom. The van der Waals surface area contributed by atoms with Gasteiger partial charge in [-0.3, -0.25) is 9.59 Å². The summed E-state index contributed by atoms with van der Waals surface area (Å²) in [5, 5.41) is 0. The van der Waals surface area contributed by atoms with Crippen LogP contribution in [-0.4, -0.2) is 53.3 Å². The average Bonchev–Trinajstić information content (AvgIpc) is 2.70. The third kappa shape index (κ3) is 5.91. The van der Waals surface area contributed by atoms with E-state index in [1.807, 2.05) is 13.8 Å². The number of ether oxygens (including phenoxy) is 2. The fraction of sp³-hybridized carbons (Fsp3) is 0.571. The molecule has 1 heterocycles. The number of hydrogen-bond donors (Lipinski definition) is 0. The van der Waals surface area contributed by atoms with Crippen molar-refractivity contribution in [3.63, 3.8) is 0 Å². The molecule has 1 aromatic carbocycles. The summed E-state index contributed by atoms with van der Waals surface area (Å²) in [4.78, 5) is 29.5. The zero-order valence-corrected chi connectivity index (χ0v) is 18.6. The van der Waals surface area contributed by atoms with Crippen molar-refractivity contribution in [3.8, 4) is 0 Å². The van der Waals surface area contributed by atoms with E-state index in [1.165, 1.54) is 24.3 Å². The molecule has 0 aliphatic carbocycles. The lowest BCUT2D eigenvalue weighted by Gasteiger charge is -2.33. The Labute approximate surface area is 184 Å². The minimum atomic E-state index is -4.71. The number of fused-ring (bicyclic) bond motifs is 1. The molecule has 0 amide bonds. The van der Waals surface area contributed by atoms with Gasteiger partial charge in [0, 0.05) is 31.7 Å². The number of rotatable bonds is 10. The molecule has 0 aromatic heterocycles. The van der Waals surface area contributed by atoms with Crippen molar-refractivity contribution < 1.29 is 32.2 Å². The van der Waals surface area contributed by atoms with Crippen molar-refractivity contribution in [2.24, 2.45) is 4.99 Å². The lowest BCUT2D eigenvalue weighted by molar-refractivity contribution is -0.142. The Morgan fingerprint density at radius 2 is 1.84 bits per heavy atom. The van der Waals surface area contributed by atoms with Crippen LogP contribution in [0.3, 0.4) is 0 Å². The van der Waals surface area contributed by atoms with Crippen LogP contribution in [-0.2, 0) is 20.4 Å². The Hall–Kier alpha value is -1.81. The van der Waals surface area contributed by atoms with E-state index >= 15 is 0 Å². The molecule has 1 aliphatic rings. The lowest BCUT2D eigenvalue weighted by atomic mass is 9.88. The maximum absolute atomic E-state index is 13.4. The van der Waals surface area contributed by atoms with Gasteiger partial charge in [-0.25, -0.2) is 9.41 Å². The second-order valence-electron chi connectivity index (χ2n) is 7.46. The van der Waals surface area contributed by atoms with E-state index < -0.39 is 40.8 Å². The topological polar surface area (TPSA) is 68.2 Å². The van der Waals surface area contributed by atoms with Crippen molar-refractivity contribution >= 4 is 34.7 Å². The van der Waals surface area contributed by atoms with Crippen molar-refractivity contribution in [2.75, 3.05) is 19.8 Å². The summed E-state index contributed by atoms with van der Waals surface area (Å²) in [5.41, 5.74) is -3.31. The third-order valence-electron chi connectivity index (χ3n) is 4.91. The molecule has 0 radical (unpaired) electrons. The van der Waals surface area contributed by atoms with E-state index in [0.717, 1.165) is 12.1 Å². The molecule has 0 fully saturated rings. The SMILES string of the molecule is CCOC(CCN(Cl)C(C)(C)C(=O)C1=Nc2c(cccc2C(F)(F)F)C(=O)C1)OCC. The highest BCUT2D eigenvalue weighted by Crippen LogP contribution is 2.40. The highest BCUT2D eigenvalue weighted by molar-refractivity contribution is 6.48. The minimum Gasteiger partial charge on any atom is -0.353 e. The Balaban J connectivity index is 2.27. The van der Waals surface area contributed by atoms with Crippen LogP contribution < -0.4 is 0 Å². The average molecular weight is 463 g/mol. The van der Waals surface area contributed by atoms with Crippen LogP contribution in [0.15, 0.2) is 23.2 Å². The van der Waals surface area contributed by atoms with E-state index in [2.05, 4.69) is 4.99 Å². The number of benzene rings is 1. The summed E-state index contributed by atoms with van der Waals surface area (Å²) in [6.45, 7) is 7.78. The Bertz CT molecular complexity index is 850. The first kappa shape index (κ1) is 25.5. The molecule has 0 atom stereocenters. The van der Waals surface area contributed by atoms with Gasteiger partial charge < -0.3 is 9.47 Å². The van der Waals surface area contributed by atoms with Crippen LogP contribution in [0, 0.1) is 0 Å². The van der Waals surface area contributed by atoms with E-state index in [-0.39, 0.29) is 24.2 Å². The van der Waals surface area contributed by atoms with Gasteiger partial charge in [0.1, 0.15) is 0 Å². The standard InChI is InChI=1S/C21H26ClF3N2O4/c1-5-30-17(31-6-2)10-11-27(22)20(3,4)19(29)15-12-16(28)13-8-7-9-14(18(13)26-15)21(23,24)25/h7-9,17H,5-6,10-12H2,1-4H3. The predicted molar refractivity (Wildman–Crippen MR) is 111 cm³/mol. The summed E-state index contributed by atoms with van der Waals surface area (Å²) in [6, 6.07) is 3.27. The molecule has 0 bridgehead atoms. The number of nitrogens with zero attached hydrogens (tertiary/aromatic N) is 2. The number of alkyl halides is 3. The maximum Gasteiger partial charge on any atom is 0.418 e. The molecule has 31 heavy (non-hydrogen) atoms. The van der Waals surface area contributed by atoms with Crippen molar-refractivity contribution in [3.05, 3.63) is 29.3 Å². The first-order valence-electron chi connectivity index (χ1n) is 9.95. The lowest BCUT2D eigenvalue weighted by Crippen LogP contribution is -2.49. The molecule has 1 aromatic rings. The second-order valence-corrected chi connectivity index (χ2v) is 7.87. The van der Waals surface area contributed by atoms with Gasteiger partial charge in [-0.2, -0.15) is 13.2 Å². The van der Waals surface area contributed by atoms with Crippen molar-refractivity contribution in [2.45, 2.75) is 58.5 Å². The van der Waals surface area contributed by atoms with Gasteiger partial charge in [-0.1, -0.05) is 6.07 Å². The van der Waals surface area contributed by atoms with Crippen LogP contribution in [0.1, 0.15) is 56.5 Å². The fourth-order valence-corrected chi connectivity index (χ4v) is 3.39. The number of aliphatic imine (C=N–C) groups is 1. The molecular formula is C21H26ClF3N2O4. The molecule has 2 rings (SSSR count). The predicted octanol–water partition coefficient (Wildman–Crippen LogP) is 4.96. The van der Waals surface area contributed by atoms with Crippen molar-refractivity contribution in [1.29, 1.82) is 0 Å². The summed E-state index contributed by atoms with van der Waals surface area (Å²) < 4.78 is 52.3. The highest BCUT2D eigenvalue weighted by Gasteiger charge is 2.41. The molecule has 0 spiro atoms. The molecule has 0 N–H and O–H groups in total. The van der Waals surface area contributed by atoms with Crippen LogP contribution in [0.2, 0.25) is 0 Å². The molecule has 0 unspecified atom stereocenters. The summed E-state index contributed by atoms with van der Waals surface area (Å²) >= 11 is 6.35. The number of para-hydroxylation sites is 1. The molecule has 6 nitrogen and oxygen atoms in total. The van der Waals surface area contributed by atoms with Gasteiger partial charge in [0.05, 0.1) is 28.9 Å². The van der Waals surface area contributed by atoms with Gasteiger partial charge in [-0.15, -0.1) is 0 Å². The van der Waals surface area contributed by atoms with Gasteiger partial charge in [0.25, 0.3) is 0 Å². The Morgan fingerprint density at radius 3 is 2.39 bits per heavy atom. The molecule has 0 saturated heterocycles. The van der Waals surface area contributed by atoms with Crippen LogP contribution in [0.5, 0.6) is 0 Å². The fourth-order valence-electron chi connectivity index (χ4n) is 3.22. The minimum absolute atomic E-state index is 0.150. The van der Waals surface area contributed by atoms with Gasteiger partial charge >= 0.3 is 6.18 Å². The number of ketones is 2. The van der Waals surface area contributed by atoms with Crippen molar-refractivity contribution in [1.82, 2.24) is 4.42 Å². The van der Waals surface area contributed by atoms with Crippen LogP contribution in [0.4, 0.5) is 18.9 Å². The zero-order chi connectivity index (χ0) is 23.4. The number of halogens is 4. The number of Topliss-reactive ketones (excluding diaryl/α,β-unsaturated/α-hetero) is 2. The normalized spacial score (nSPS) is 14.8. The third-order valence-corrected chi connectivity index (χ3v) is 5.50. The summed E-state index contributed by atoms with van der Waals surface area (Å²) in [6.07, 6.45) is -5.23. The molecule has 10 heteroatoms. The first-order valence-corrected chi connectivity index (χ1v) is 10.3. The molecule has 1 aliphatic heterocycles. The second kappa shape index (κ2) is 10.2. The number of hydrogen-bond acceptors (Lipinski definition) is 6. The summed E-state index contributed by atoms with van der Waals surface area (Å²) in [5.74, 6) is -1.22. The summed E-state index contributed by atoms with van der Waals surface area (Å²) in [7, 11) is 0. The van der Waals surface area contributed by atoms with E-state index in [4.69, 9.17) is 21.3 Å². The van der Waals surface area contributed by atoms with E-state index in [9.17, 15) is 22.8 Å². The van der Waals surface area contributed by atoms with Crippen LogP contribution in [0.25, 0.3) is 0 Å². The van der Waals surface area contributed by atoms with E-state index in [1.54, 1.807) is 0 Å². The van der Waals surface area contributed by atoms with Crippen LogP contribution >= 0.6 is 11.8 Å². The van der Waals surface area contributed by atoms with E-state index in [0.29, 0.717) is 19.6 Å². The largest absolute Gasteiger partial charge is 0.418 e. The van der Waals surface area contributed by atoms with Gasteiger partial charge in [0.2, 0.25) is 0 Å². The molecular weight excluding hydrogens is 437 g/mol. The maximum atomic E-state index is 13.4. The monoisotopic (exact) mass is 462 g/mol. The quantitative estimate of drug-likeness (QED) is 0.363. The number of carbonyl (C=O) groups is 2. The number of carbonyl (C=O) groups excluding carboxylic acids is 2. The van der Waals surface area contributed by atoms with Gasteiger partial charge in [0.15, 0.2) is 17.9 Å². The molecule has 0 saturated carbocycles. The highest BCUT2D eigenvalue weighted by atomic mass is 35.5. The molecule has 172 valence electrons. The zero-order valence-electron chi connectivity index (χ0n) is 17.9. The first-order chi connectivity index (χ1) is 14.4. The van der Waals surface area contributed by atoms with Gasteiger partial charge in [-0.05, 0) is 51.6 Å².